The number of aromatic nitrogens is 2. The lowest BCUT2D eigenvalue weighted by atomic mass is 9.95. The third-order valence-corrected chi connectivity index (χ3v) is 6.05. The molecular formula is C23H25ClFN5O3. The van der Waals surface area contributed by atoms with E-state index in [1.165, 1.54) is 12.4 Å². The molecule has 2 fully saturated rings. The standard InChI is InChI=1S/C23H25ClFN5O3/c1-23(2,3)33-22(31)30-10-13-5-6-14(11-30)19(13)32-21-18(25)20(27-12-28-21)29-17-8-7-15(26-4)9-16(17)24/h7-9,12-14,19H,5-6,10-11H2,1-3H3,(H,27,28,29). The van der Waals surface area contributed by atoms with Crippen LogP contribution in [0.25, 0.3) is 4.85 Å². The van der Waals surface area contributed by atoms with Crippen LogP contribution in [0.5, 0.6) is 5.88 Å². The van der Waals surface area contributed by atoms with Gasteiger partial charge < -0.3 is 19.7 Å². The molecule has 8 nitrogen and oxygen atoms in total. The van der Waals surface area contributed by atoms with Gasteiger partial charge in [-0.1, -0.05) is 17.7 Å². The van der Waals surface area contributed by atoms with Gasteiger partial charge in [0.05, 0.1) is 17.3 Å². The van der Waals surface area contributed by atoms with Crippen LogP contribution in [-0.2, 0) is 4.74 Å². The van der Waals surface area contributed by atoms with Gasteiger partial charge in [0.25, 0.3) is 5.88 Å². The molecule has 33 heavy (non-hydrogen) atoms. The first kappa shape index (κ1) is 23.1. The minimum Gasteiger partial charge on any atom is -0.471 e. The van der Waals surface area contributed by atoms with Gasteiger partial charge in [0.2, 0.25) is 5.82 Å². The number of nitrogens with zero attached hydrogens (tertiary/aromatic N) is 4. The predicted octanol–water partition coefficient (Wildman–Crippen LogP) is 5.59. The van der Waals surface area contributed by atoms with Crippen molar-refractivity contribution in [1.29, 1.82) is 0 Å². The number of ether oxygens (including phenoxy) is 2. The van der Waals surface area contributed by atoms with E-state index in [4.69, 9.17) is 27.6 Å². The zero-order valence-corrected chi connectivity index (χ0v) is 19.4. The highest BCUT2D eigenvalue weighted by Crippen LogP contribution is 2.40. The van der Waals surface area contributed by atoms with Crippen LogP contribution >= 0.6 is 11.6 Å². The van der Waals surface area contributed by atoms with Gasteiger partial charge in [0.1, 0.15) is 18.0 Å². The number of benzene rings is 1. The zero-order chi connectivity index (χ0) is 23.8. The van der Waals surface area contributed by atoms with E-state index in [0.717, 1.165) is 12.8 Å². The van der Waals surface area contributed by atoms with Crippen molar-refractivity contribution < 1.29 is 18.7 Å². The minimum atomic E-state index is -0.725. The first-order valence-corrected chi connectivity index (χ1v) is 11.1. The van der Waals surface area contributed by atoms with Crippen LogP contribution in [0.2, 0.25) is 5.02 Å². The average Bonchev–Trinajstić information content (AvgIpc) is 2.97. The molecule has 1 saturated carbocycles. The van der Waals surface area contributed by atoms with Crippen LogP contribution in [-0.4, -0.2) is 45.8 Å². The largest absolute Gasteiger partial charge is 0.471 e. The number of likely N-dealkylation sites (tertiary alicyclic amines) is 1. The molecule has 1 saturated heterocycles. The fraction of sp³-hybridized carbons (Fsp3) is 0.478. The van der Waals surface area contributed by atoms with Crippen molar-refractivity contribution >= 4 is 34.9 Å². The smallest absolute Gasteiger partial charge is 0.410 e. The maximum Gasteiger partial charge on any atom is 0.410 e. The van der Waals surface area contributed by atoms with Gasteiger partial charge in [-0.15, -0.1) is 0 Å². The maximum atomic E-state index is 15.2. The van der Waals surface area contributed by atoms with Crippen molar-refractivity contribution in [2.45, 2.75) is 45.3 Å². The first-order chi connectivity index (χ1) is 15.6. The van der Waals surface area contributed by atoms with Crippen molar-refractivity contribution in [1.82, 2.24) is 14.9 Å². The number of fused-ring (bicyclic) bond motifs is 2. The second-order valence-corrected chi connectivity index (χ2v) is 9.71. The second-order valence-electron chi connectivity index (χ2n) is 9.31. The molecular weight excluding hydrogens is 449 g/mol. The van der Waals surface area contributed by atoms with Crippen molar-refractivity contribution in [3.05, 3.63) is 46.8 Å². The Hall–Kier alpha value is -3.12. The Labute approximate surface area is 196 Å². The Morgan fingerprint density at radius 3 is 2.58 bits per heavy atom. The van der Waals surface area contributed by atoms with Crippen LogP contribution < -0.4 is 10.1 Å². The van der Waals surface area contributed by atoms with Gasteiger partial charge in [0.15, 0.2) is 11.5 Å². The number of carbonyl (C=O) groups is 1. The molecule has 1 aromatic heterocycles. The van der Waals surface area contributed by atoms with Crippen molar-refractivity contribution in [3.63, 3.8) is 0 Å². The monoisotopic (exact) mass is 473 g/mol. The van der Waals surface area contributed by atoms with Gasteiger partial charge in [0, 0.05) is 24.9 Å². The van der Waals surface area contributed by atoms with E-state index in [-0.39, 0.29) is 40.8 Å². The Morgan fingerprint density at radius 2 is 1.97 bits per heavy atom. The van der Waals surface area contributed by atoms with Gasteiger partial charge in [-0.05, 0) is 45.7 Å². The van der Waals surface area contributed by atoms with Crippen molar-refractivity contribution in [3.8, 4) is 5.88 Å². The molecule has 1 amide bonds. The third-order valence-electron chi connectivity index (χ3n) is 5.74. The van der Waals surface area contributed by atoms with Gasteiger partial charge in [-0.25, -0.2) is 14.6 Å². The summed E-state index contributed by atoms with van der Waals surface area (Å²) < 4.78 is 26.7. The fourth-order valence-corrected chi connectivity index (χ4v) is 4.52. The van der Waals surface area contributed by atoms with Crippen LogP contribution in [0, 0.1) is 24.2 Å². The topological polar surface area (TPSA) is 80.9 Å². The molecule has 2 heterocycles. The summed E-state index contributed by atoms with van der Waals surface area (Å²) in [5.41, 5.74) is 0.236. The van der Waals surface area contributed by atoms with Crippen molar-refractivity contribution in [2.75, 3.05) is 18.4 Å². The molecule has 10 heteroatoms. The van der Waals surface area contributed by atoms with Crippen LogP contribution in [0.1, 0.15) is 33.6 Å². The van der Waals surface area contributed by atoms with Gasteiger partial charge in [-0.2, -0.15) is 9.37 Å². The molecule has 0 radical (unpaired) electrons. The third kappa shape index (κ3) is 5.11. The first-order valence-electron chi connectivity index (χ1n) is 10.7. The Bertz CT molecular complexity index is 1090. The highest BCUT2D eigenvalue weighted by molar-refractivity contribution is 6.33. The molecule has 1 N–H and O–H groups in total. The van der Waals surface area contributed by atoms with Crippen LogP contribution in [0.3, 0.4) is 0 Å². The van der Waals surface area contributed by atoms with E-state index in [1.54, 1.807) is 17.0 Å². The van der Waals surface area contributed by atoms with E-state index in [9.17, 15) is 4.79 Å². The Kier molecular flexibility index (Phi) is 6.30. The molecule has 2 aliphatic rings. The van der Waals surface area contributed by atoms with Crippen LogP contribution in [0.15, 0.2) is 24.5 Å². The summed E-state index contributed by atoms with van der Waals surface area (Å²) in [5, 5.41) is 3.12. The summed E-state index contributed by atoms with van der Waals surface area (Å²) in [7, 11) is 0. The predicted molar refractivity (Wildman–Crippen MR) is 121 cm³/mol. The number of hydrogen-bond acceptors (Lipinski definition) is 6. The summed E-state index contributed by atoms with van der Waals surface area (Å²) >= 11 is 6.19. The fourth-order valence-electron chi connectivity index (χ4n) is 4.30. The molecule has 2 aromatic rings. The SMILES string of the molecule is [C-]#[N+]c1ccc(Nc2ncnc(OC3C4CCC3CN(C(=O)OC(C)(C)C)C4)c2F)c(Cl)c1. The number of piperidine rings is 1. The molecule has 2 bridgehead atoms. The normalized spacial score (nSPS) is 21.9. The highest BCUT2D eigenvalue weighted by Gasteiger charge is 2.46. The second kappa shape index (κ2) is 9.02. The maximum absolute atomic E-state index is 15.2. The zero-order valence-electron chi connectivity index (χ0n) is 18.6. The van der Waals surface area contributed by atoms with E-state index < -0.39 is 11.4 Å². The van der Waals surface area contributed by atoms with Crippen molar-refractivity contribution in [2.24, 2.45) is 11.8 Å². The molecule has 1 aromatic carbocycles. The Balaban J connectivity index is 1.46. The van der Waals surface area contributed by atoms with Gasteiger partial charge in [-0.3, -0.25) is 0 Å². The highest BCUT2D eigenvalue weighted by atomic mass is 35.5. The van der Waals surface area contributed by atoms with E-state index in [2.05, 4.69) is 20.1 Å². The molecule has 2 unspecified atom stereocenters. The number of anilines is 2. The summed E-state index contributed by atoms with van der Waals surface area (Å²) in [6.45, 7) is 13.6. The van der Waals surface area contributed by atoms with Gasteiger partial charge >= 0.3 is 6.09 Å². The van der Waals surface area contributed by atoms with E-state index in [1.807, 2.05) is 20.8 Å². The number of nitrogens with one attached hydrogen (secondary N) is 1. The molecule has 1 aliphatic heterocycles. The number of halogens is 2. The lowest BCUT2D eigenvalue weighted by Crippen LogP contribution is -2.50. The summed E-state index contributed by atoms with van der Waals surface area (Å²) in [4.78, 5) is 25.5. The lowest BCUT2D eigenvalue weighted by molar-refractivity contribution is -0.00842. The van der Waals surface area contributed by atoms with E-state index in [0.29, 0.717) is 24.5 Å². The number of hydrogen-bond donors (Lipinski definition) is 1. The lowest BCUT2D eigenvalue weighted by Gasteiger charge is -2.38. The minimum absolute atomic E-state index is 0.0673. The number of rotatable bonds is 4. The quantitative estimate of drug-likeness (QED) is 0.583. The molecule has 1 aliphatic carbocycles. The Morgan fingerprint density at radius 1 is 1.27 bits per heavy atom. The molecule has 0 spiro atoms. The average molecular weight is 474 g/mol. The summed E-state index contributed by atoms with van der Waals surface area (Å²) in [6, 6.07) is 4.65. The molecule has 2 atom stereocenters. The van der Waals surface area contributed by atoms with Crippen LogP contribution in [0.4, 0.5) is 26.4 Å². The number of carbonyl (C=O) groups excluding carboxylic acids is 1. The summed E-state index contributed by atoms with van der Waals surface area (Å²) in [5.74, 6) is -0.808. The molecule has 174 valence electrons. The summed E-state index contributed by atoms with van der Waals surface area (Å²) in [6.07, 6.45) is 2.41. The number of amides is 1. The molecule has 4 rings (SSSR count). The van der Waals surface area contributed by atoms with E-state index >= 15 is 4.39 Å².